The Kier molecular flexibility index (Phi) is 5.31. The number of nitrogens with one attached hydrogen (secondary N) is 1. The molecule has 1 N–H and O–H groups in total. The Morgan fingerprint density at radius 1 is 1.14 bits per heavy atom. The SMILES string of the molecule is CC(C)c1ccccc1NC(=O)CN1C(=O)C(c2ccc(F)cc2)=NC1(C)C. The molecule has 0 bridgehead atoms. The third-order valence-corrected chi connectivity index (χ3v) is 4.77. The maximum atomic E-state index is 13.2. The summed E-state index contributed by atoms with van der Waals surface area (Å²) in [6.07, 6.45) is 0. The number of amides is 2. The van der Waals surface area contributed by atoms with Crippen LogP contribution < -0.4 is 5.32 Å². The van der Waals surface area contributed by atoms with Crippen molar-refractivity contribution in [2.24, 2.45) is 4.99 Å². The van der Waals surface area contributed by atoms with Crippen LogP contribution in [0.2, 0.25) is 0 Å². The minimum atomic E-state index is -0.865. The summed E-state index contributed by atoms with van der Waals surface area (Å²) in [7, 11) is 0. The molecule has 146 valence electrons. The smallest absolute Gasteiger partial charge is 0.275 e. The fourth-order valence-corrected chi connectivity index (χ4v) is 3.27. The number of benzene rings is 2. The van der Waals surface area contributed by atoms with Crippen molar-refractivity contribution in [1.82, 2.24) is 4.90 Å². The number of nitrogens with zero attached hydrogens (tertiary/aromatic N) is 2. The van der Waals surface area contributed by atoms with E-state index in [2.05, 4.69) is 24.2 Å². The van der Waals surface area contributed by atoms with E-state index < -0.39 is 5.66 Å². The third kappa shape index (κ3) is 3.96. The van der Waals surface area contributed by atoms with Crippen LogP contribution in [-0.4, -0.2) is 34.6 Å². The average Bonchev–Trinajstić information content (AvgIpc) is 2.86. The molecule has 0 aromatic heterocycles. The molecule has 1 aliphatic heterocycles. The lowest BCUT2D eigenvalue weighted by molar-refractivity contribution is -0.131. The van der Waals surface area contributed by atoms with Crippen molar-refractivity contribution in [1.29, 1.82) is 0 Å². The van der Waals surface area contributed by atoms with E-state index in [1.807, 2.05) is 24.3 Å². The maximum Gasteiger partial charge on any atom is 0.275 e. The van der Waals surface area contributed by atoms with Crippen molar-refractivity contribution in [3.8, 4) is 0 Å². The minimum Gasteiger partial charge on any atom is -0.324 e. The second-order valence-corrected chi connectivity index (χ2v) is 7.64. The van der Waals surface area contributed by atoms with E-state index in [1.54, 1.807) is 13.8 Å². The van der Waals surface area contributed by atoms with Gasteiger partial charge in [0, 0.05) is 11.3 Å². The predicted octanol–water partition coefficient (Wildman–Crippen LogP) is 3.96. The molecule has 0 atom stereocenters. The lowest BCUT2D eigenvalue weighted by Crippen LogP contribution is -2.46. The van der Waals surface area contributed by atoms with Crippen LogP contribution in [0, 0.1) is 5.82 Å². The van der Waals surface area contributed by atoms with Gasteiger partial charge >= 0.3 is 0 Å². The Labute approximate surface area is 164 Å². The molecule has 28 heavy (non-hydrogen) atoms. The maximum absolute atomic E-state index is 13.2. The molecule has 0 radical (unpaired) electrons. The molecule has 0 aliphatic carbocycles. The molecule has 6 heteroatoms. The first-order valence-corrected chi connectivity index (χ1v) is 9.25. The summed E-state index contributed by atoms with van der Waals surface area (Å²) in [5, 5.41) is 2.91. The second-order valence-electron chi connectivity index (χ2n) is 7.64. The van der Waals surface area contributed by atoms with Crippen LogP contribution in [-0.2, 0) is 9.59 Å². The van der Waals surface area contributed by atoms with Gasteiger partial charge in [-0.2, -0.15) is 0 Å². The zero-order chi connectivity index (χ0) is 20.5. The fraction of sp³-hybridized carbons (Fsp3) is 0.318. The lowest BCUT2D eigenvalue weighted by atomic mass is 10.0. The fourth-order valence-electron chi connectivity index (χ4n) is 3.27. The van der Waals surface area contributed by atoms with E-state index in [0.717, 1.165) is 11.3 Å². The summed E-state index contributed by atoms with van der Waals surface area (Å²) in [5.41, 5.74) is 1.68. The standard InChI is InChI=1S/C22H24FN3O2/c1-14(2)17-7-5-6-8-18(17)24-19(27)13-26-21(28)20(25-22(26,3)4)15-9-11-16(23)12-10-15/h5-12,14H,13H2,1-4H3,(H,24,27). The summed E-state index contributed by atoms with van der Waals surface area (Å²) in [6, 6.07) is 13.2. The van der Waals surface area contributed by atoms with Crippen LogP contribution in [0.5, 0.6) is 0 Å². The highest BCUT2D eigenvalue weighted by molar-refractivity contribution is 6.47. The van der Waals surface area contributed by atoms with Crippen LogP contribution in [0.4, 0.5) is 10.1 Å². The van der Waals surface area contributed by atoms with E-state index >= 15 is 0 Å². The molecule has 0 fully saturated rings. The Hall–Kier alpha value is -3.02. The van der Waals surface area contributed by atoms with Gasteiger partial charge in [0.1, 0.15) is 23.7 Å². The Morgan fingerprint density at radius 3 is 2.43 bits per heavy atom. The number of aliphatic imine (C=N–C) groups is 1. The van der Waals surface area contributed by atoms with E-state index in [0.29, 0.717) is 5.56 Å². The minimum absolute atomic E-state index is 0.119. The normalized spacial score (nSPS) is 15.7. The van der Waals surface area contributed by atoms with Crippen LogP contribution in [0.3, 0.4) is 0 Å². The lowest BCUT2D eigenvalue weighted by Gasteiger charge is -2.29. The number of para-hydroxylation sites is 1. The first-order valence-electron chi connectivity index (χ1n) is 9.25. The molecule has 0 saturated carbocycles. The number of carbonyl (C=O) groups excluding carboxylic acids is 2. The van der Waals surface area contributed by atoms with Gasteiger partial charge in [0.2, 0.25) is 5.91 Å². The van der Waals surface area contributed by atoms with Gasteiger partial charge in [-0.15, -0.1) is 0 Å². The number of halogens is 1. The van der Waals surface area contributed by atoms with Crippen molar-refractivity contribution in [2.45, 2.75) is 39.3 Å². The summed E-state index contributed by atoms with van der Waals surface area (Å²) < 4.78 is 13.2. The number of rotatable bonds is 5. The largest absolute Gasteiger partial charge is 0.324 e. The number of anilines is 1. The molecule has 0 unspecified atom stereocenters. The highest BCUT2D eigenvalue weighted by atomic mass is 19.1. The van der Waals surface area contributed by atoms with Crippen molar-refractivity contribution < 1.29 is 14.0 Å². The molecule has 2 aromatic carbocycles. The van der Waals surface area contributed by atoms with E-state index in [4.69, 9.17) is 0 Å². The van der Waals surface area contributed by atoms with E-state index in [9.17, 15) is 14.0 Å². The van der Waals surface area contributed by atoms with Gasteiger partial charge in [-0.3, -0.25) is 14.6 Å². The Morgan fingerprint density at radius 2 is 1.79 bits per heavy atom. The molecule has 2 amide bonds. The van der Waals surface area contributed by atoms with Gasteiger partial charge in [0.05, 0.1) is 0 Å². The number of hydrogen-bond acceptors (Lipinski definition) is 3. The molecule has 1 aliphatic rings. The molecule has 2 aromatic rings. The zero-order valence-electron chi connectivity index (χ0n) is 16.5. The molecular weight excluding hydrogens is 357 g/mol. The van der Waals surface area contributed by atoms with Gasteiger partial charge in [-0.25, -0.2) is 4.39 Å². The monoisotopic (exact) mass is 381 g/mol. The molecular formula is C22H24FN3O2. The quantitative estimate of drug-likeness (QED) is 0.852. The van der Waals surface area contributed by atoms with Crippen LogP contribution in [0.1, 0.15) is 44.7 Å². The Balaban J connectivity index is 1.77. The molecule has 5 nitrogen and oxygen atoms in total. The third-order valence-electron chi connectivity index (χ3n) is 4.77. The second kappa shape index (κ2) is 7.54. The van der Waals surface area contributed by atoms with Gasteiger partial charge in [0.25, 0.3) is 5.91 Å². The van der Waals surface area contributed by atoms with E-state index in [1.165, 1.54) is 29.2 Å². The van der Waals surface area contributed by atoms with Gasteiger partial charge in [-0.1, -0.05) is 32.0 Å². The van der Waals surface area contributed by atoms with Gasteiger partial charge in [-0.05, 0) is 55.7 Å². The summed E-state index contributed by atoms with van der Waals surface area (Å²) >= 11 is 0. The molecule has 0 saturated heterocycles. The van der Waals surface area contributed by atoms with Crippen LogP contribution in [0.25, 0.3) is 0 Å². The first kappa shape index (κ1) is 19.7. The highest BCUT2D eigenvalue weighted by Crippen LogP contribution is 2.27. The van der Waals surface area contributed by atoms with Crippen molar-refractivity contribution in [3.63, 3.8) is 0 Å². The number of carbonyl (C=O) groups is 2. The average molecular weight is 381 g/mol. The zero-order valence-corrected chi connectivity index (χ0v) is 16.5. The Bertz CT molecular complexity index is 933. The predicted molar refractivity (Wildman–Crippen MR) is 108 cm³/mol. The topological polar surface area (TPSA) is 61.8 Å². The van der Waals surface area contributed by atoms with Gasteiger partial charge < -0.3 is 10.2 Å². The summed E-state index contributed by atoms with van der Waals surface area (Å²) in [5.74, 6) is -0.752. The van der Waals surface area contributed by atoms with Gasteiger partial charge in [0.15, 0.2) is 0 Å². The summed E-state index contributed by atoms with van der Waals surface area (Å²) in [6.45, 7) is 7.54. The molecule has 1 heterocycles. The van der Waals surface area contributed by atoms with Crippen LogP contribution in [0.15, 0.2) is 53.5 Å². The van der Waals surface area contributed by atoms with Crippen LogP contribution >= 0.6 is 0 Å². The molecule has 3 rings (SSSR count). The van der Waals surface area contributed by atoms with E-state index in [-0.39, 0.29) is 35.8 Å². The number of hydrogen-bond donors (Lipinski definition) is 1. The van der Waals surface area contributed by atoms with Crippen molar-refractivity contribution in [2.75, 3.05) is 11.9 Å². The highest BCUT2D eigenvalue weighted by Gasteiger charge is 2.41. The summed E-state index contributed by atoms with van der Waals surface area (Å²) in [4.78, 5) is 31.5. The first-order chi connectivity index (χ1) is 13.2. The van der Waals surface area contributed by atoms with Crippen molar-refractivity contribution >= 4 is 23.2 Å². The van der Waals surface area contributed by atoms with Crippen molar-refractivity contribution in [3.05, 3.63) is 65.5 Å². The molecule has 0 spiro atoms.